The Bertz CT molecular complexity index is 1020. The SMILES string of the molecule is Cn1cc(-c2cn3nccc3c(-c3cnn(C4CCC4)c3)n2)cn1. The number of aromatic nitrogens is 7. The van der Waals surface area contributed by atoms with E-state index in [9.17, 15) is 0 Å². The second-order valence-electron chi connectivity index (χ2n) is 6.33. The maximum atomic E-state index is 4.88. The van der Waals surface area contributed by atoms with Crippen LogP contribution in [0.5, 0.6) is 0 Å². The summed E-state index contributed by atoms with van der Waals surface area (Å²) in [5.74, 6) is 0. The molecule has 1 aliphatic rings. The first kappa shape index (κ1) is 13.5. The summed E-state index contributed by atoms with van der Waals surface area (Å²) >= 11 is 0. The Morgan fingerprint density at radius 2 is 1.88 bits per heavy atom. The molecule has 0 aliphatic heterocycles. The van der Waals surface area contributed by atoms with Crippen LogP contribution in [0.15, 0.2) is 43.2 Å². The molecule has 0 radical (unpaired) electrons. The van der Waals surface area contributed by atoms with Gasteiger partial charge in [-0.1, -0.05) is 0 Å². The van der Waals surface area contributed by atoms with Crippen molar-refractivity contribution in [3.63, 3.8) is 0 Å². The molecule has 0 amide bonds. The molecule has 4 aromatic rings. The van der Waals surface area contributed by atoms with Gasteiger partial charge in [0.15, 0.2) is 0 Å². The highest BCUT2D eigenvalue weighted by Gasteiger charge is 2.21. The minimum Gasteiger partial charge on any atom is -0.275 e. The Morgan fingerprint density at radius 3 is 2.62 bits per heavy atom. The van der Waals surface area contributed by atoms with E-state index in [0.717, 1.165) is 28.0 Å². The largest absolute Gasteiger partial charge is 0.275 e. The van der Waals surface area contributed by atoms with E-state index in [2.05, 4.69) is 26.2 Å². The number of aryl methyl sites for hydroxylation is 1. The first-order valence-electron chi connectivity index (χ1n) is 8.16. The highest BCUT2D eigenvalue weighted by molar-refractivity contribution is 5.78. The van der Waals surface area contributed by atoms with Crippen molar-refractivity contribution in [1.82, 2.24) is 34.2 Å². The first-order chi connectivity index (χ1) is 11.8. The molecule has 1 saturated carbocycles. The molecule has 1 aliphatic carbocycles. The third-order valence-electron chi connectivity index (χ3n) is 4.71. The van der Waals surface area contributed by atoms with Gasteiger partial charge in [0.1, 0.15) is 0 Å². The Kier molecular flexibility index (Phi) is 2.82. The molecular weight excluding hydrogens is 302 g/mol. The number of rotatable bonds is 3. The van der Waals surface area contributed by atoms with Crippen LogP contribution in [0.4, 0.5) is 0 Å². The van der Waals surface area contributed by atoms with E-state index >= 15 is 0 Å². The van der Waals surface area contributed by atoms with Gasteiger partial charge in [0.05, 0.1) is 47.7 Å². The second kappa shape index (κ2) is 5.02. The summed E-state index contributed by atoms with van der Waals surface area (Å²) in [5.41, 5.74) is 4.74. The van der Waals surface area contributed by atoms with Crippen molar-refractivity contribution in [3.8, 4) is 22.5 Å². The van der Waals surface area contributed by atoms with Crippen LogP contribution >= 0.6 is 0 Å². The van der Waals surface area contributed by atoms with E-state index in [-0.39, 0.29) is 0 Å². The average molecular weight is 319 g/mol. The van der Waals surface area contributed by atoms with Gasteiger partial charge < -0.3 is 0 Å². The lowest BCUT2D eigenvalue weighted by molar-refractivity contribution is 0.289. The van der Waals surface area contributed by atoms with Crippen molar-refractivity contribution in [3.05, 3.63) is 43.2 Å². The molecule has 0 spiro atoms. The van der Waals surface area contributed by atoms with Gasteiger partial charge in [-0.05, 0) is 25.3 Å². The fourth-order valence-corrected chi connectivity index (χ4v) is 3.14. The van der Waals surface area contributed by atoms with E-state index < -0.39 is 0 Å². The van der Waals surface area contributed by atoms with Gasteiger partial charge in [0, 0.05) is 30.6 Å². The molecule has 0 N–H and O–H groups in total. The number of hydrogen-bond acceptors (Lipinski definition) is 4. The summed E-state index contributed by atoms with van der Waals surface area (Å²) in [7, 11) is 1.90. The molecule has 5 rings (SSSR count). The van der Waals surface area contributed by atoms with E-state index in [4.69, 9.17) is 4.98 Å². The Balaban J connectivity index is 1.66. The van der Waals surface area contributed by atoms with Gasteiger partial charge in [-0.15, -0.1) is 0 Å². The zero-order valence-electron chi connectivity index (χ0n) is 13.4. The second-order valence-corrected chi connectivity index (χ2v) is 6.33. The highest BCUT2D eigenvalue weighted by atomic mass is 15.3. The monoisotopic (exact) mass is 319 g/mol. The van der Waals surface area contributed by atoms with Gasteiger partial charge >= 0.3 is 0 Å². The van der Waals surface area contributed by atoms with Gasteiger partial charge in [-0.3, -0.25) is 9.36 Å². The maximum absolute atomic E-state index is 4.88. The zero-order valence-corrected chi connectivity index (χ0v) is 13.4. The molecule has 0 saturated heterocycles. The molecule has 7 nitrogen and oxygen atoms in total. The first-order valence-corrected chi connectivity index (χ1v) is 8.16. The van der Waals surface area contributed by atoms with Crippen LogP contribution in [-0.4, -0.2) is 34.2 Å². The number of fused-ring (bicyclic) bond motifs is 1. The average Bonchev–Trinajstić information content (AvgIpc) is 3.24. The van der Waals surface area contributed by atoms with Crippen LogP contribution in [0.1, 0.15) is 25.3 Å². The molecule has 120 valence electrons. The van der Waals surface area contributed by atoms with Gasteiger partial charge in [-0.25, -0.2) is 9.50 Å². The lowest BCUT2D eigenvalue weighted by Crippen LogP contribution is -2.16. The van der Waals surface area contributed by atoms with Crippen molar-refractivity contribution >= 4 is 5.52 Å². The molecule has 0 bridgehead atoms. The summed E-state index contributed by atoms with van der Waals surface area (Å²) in [6.45, 7) is 0. The smallest absolute Gasteiger partial charge is 0.0999 e. The topological polar surface area (TPSA) is 65.8 Å². The summed E-state index contributed by atoms with van der Waals surface area (Å²) in [6.07, 6.45) is 15.2. The third-order valence-corrected chi connectivity index (χ3v) is 4.71. The molecule has 0 aromatic carbocycles. The Hall–Kier alpha value is -2.96. The summed E-state index contributed by atoms with van der Waals surface area (Å²) in [6, 6.07) is 2.52. The summed E-state index contributed by atoms with van der Waals surface area (Å²) < 4.78 is 5.72. The maximum Gasteiger partial charge on any atom is 0.0999 e. The van der Waals surface area contributed by atoms with Gasteiger partial charge in [-0.2, -0.15) is 15.3 Å². The predicted octanol–water partition coefficient (Wildman–Crippen LogP) is 2.72. The van der Waals surface area contributed by atoms with Crippen LogP contribution in [-0.2, 0) is 7.05 Å². The van der Waals surface area contributed by atoms with Crippen LogP contribution in [0, 0.1) is 0 Å². The molecule has 24 heavy (non-hydrogen) atoms. The quantitative estimate of drug-likeness (QED) is 0.582. The molecule has 0 unspecified atom stereocenters. The normalized spacial score (nSPS) is 15.0. The molecule has 7 heteroatoms. The standard InChI is InChI=1S/C17H17N7/c1-22-9-12(7-19-22)15-11-24-16(5-6-18-24)17(21-15)13-8-20-23(10-13)14-3-2-4-14/h5-11,14H,2-4H2,1H3. The lowest BCUT2D eigenvalue weighted by atomic mass is 9.93. The zero-order chi connectivity index (χ0) is 16.1. The third kappa shape index (κ3) is 2.05. The Labute approximate surface area is 138 Å². The van der Waals surface area contributed by atoms with E-state index in [1.807, 2.05) is 42.4 Å². The van der Waals surface area contributed by atoms with Crippen molar-refractivity contribution in [2.24, 2.45) is 7.05 Å². The number of nitrogens with zero attached hydrogens (tertiary/aromatic N) is 7. The Morgan fingerprint density at radius 1 is 1.00 bits per heavy atom. The van der Waals surface area contributed by atoms with Gasteiger partial charge in [0.2, 0.25) is 0 Å². The molecule has 0 atom stereocenters. The molecular formula is C17H17N7. The van der Waals surface area contributed by atoms with Crippen molar-refractivity contribution in [2.45, 2.75) is 25.3 Å². The fourth-order valence-electron chi connectivity index (χ4n) is 3.14. The predicted molar refractivity (Wildman–Crippen MR) is 89.3 cm³/mol. The van der Waals surface area contributed by atoms with E-state index in [1.165, 1.54) is 19.3 Å². The fraction of sp³-hybridized carbons (Fsp3) is 0.294. The van der Waals surface area contributed by atoms with Crippen LogP contribution in [0.25, 0.3) is 28.0 Å². The van der Waals surface area contributed by atoms with E-state index in [1.54, 1.807) is 10.9 Å². The minimum atomic E-state index is 0.543. The summed E-state index contributed by atoms with van der Waals surface area (Å²) in [4.78, 5) is 4.88. The van der Waals surface area contributed by atoms with Crippen LogP contribution < -0.4 is 0 Å². The van der Waals surface area contributed by atoms with Crippen molar-refractivity contribution < 1.29 is 0 Å². The van der Waals surface area contributed by atoms with Crippen LogP contribution in [0.2, 0.25) is 0 Å². The van der Waals surface area contributed by atoms with Gasteiger partial charge in [0.25, 0.3) is 0 Å². The van der Waals surface area contributed by atoms with Crippen molar-refractivity contribution in [1.29, 1.82) is 0 Å². The molecule has 4 heterocycles. The number of hydrogen-bond donors (Lipinski definition) is 0. The van der Waals surface area contributed by atoms with Crippen molar-refractivity contribution in [2.75, 3.05) is 0 Å². The lowest BCUT2D eigenvalue weighted by Gasteiger charge is -2.25. The molecule has 4 aromatic heterocycles. The van der Waals surface area contributed by atoms with Crippen LogP contribution in [0.3, 0.4) is 0 Å². The summed E-state index contributed by atoms with van der Waals surface area (Å²) in [5, 5.41) is 13.2. The highest BCUT2D eigenvalue weighted by Crippen LogP contribution is 2.33. The van der Waals surface area contributed by atoms with E-state index in [0.29, 0.717) is 6.04 Å². The molecule has 1 fully saturated rings. The minimum absolute atomic E-state index is 0.543.